The number of hydrogen-bond donors (Lipinski definition) is 0. The van der Waals surface area contributed by atoms with Crippen LogP contribution in [-0.2, 0) is 0 Å². The Morgan fingerprint density at radius 1 is 1.00 bits per heavy atom. The first-order valence-electron chi connectivity index (χ1n) is 7.69. The number of nitrogens with zero attached hydrogens (tertiary/aromatic N) is 2. The van der Waals surface area contributed by atoms with Gasteiger partial charge in [0.05, 0.1) is 17.3 Å². The van der Waals surface area contributed by atoms with Crippen LogP contribution in [0.15, 0.2) is 57.6 Å². The average Bonchev–Trinajstić information content (AvgIpc) is 3.38. The van der Waals surface area contributed by atoms with E-state index in [1.165, 1.54) is 0 Å². The highest BCUT2D eigenvalue weighted by Crippen LogP contribution is 2.37. The molecule has 0 fully saturated rings. The van der Waals surface area contributed by atoms with Crippen molar-refractivity contribution < 1.29 is 9.15 Å². The molecule has 0 aliphatic heterocycles. The third kappa shape index (κ3) is 2.42. The van der Waals surface area contributed by atoms with Crippen molar-refractivity contribution in [2.45, 2.75) is 0 Å². The Balaban J connectivity index is 1.71. The maximum absolute atomic E-state index is 5.94. The Hall–Kier alpha value is -2.70. The molecule has 0 aliphatic rings. The minimum Gasteiger partial charge on any atom is -0.493 e. The molecule has 0 spiro atoms. The summed E-state index contributed by atoms with van der Waals surface area (Å²) < 4.78 is 12.6. The molecule has 3 aromatic heterocycles. The Morgan fingerprint density at radius 2 is 1.92 bits per heavy atom. The molecule has 0 saturated heterocycles. The van der Waals surface area contributed by atoms with Crippen molar-refractivity contribution in [2.24, 2.45) is 0 Å². The number of rotatable bonds is 3. The van der Waals surface area contributed by atoms with Crippen LogP contribution in [0.2, 0.25) is 0 Å². The number of para-hydroxylation sites is 1. The fraction of sp³-hybridized carbons (Fsp3) is 0.0526. The number of aromatic nitrogens is 2. The van der Waals surface area contributed by atoms with Gasteiger partial charge in [-0.1, -0.05) is 12.1 Å². The summed E-state index contributed by atoms with van der Waals surface area (Å²) >= 11 is 3.28. The smallest absolute Gasteiger partial charge is 0.228 e. The van der Waals surface area contributed by atoms with Crippen LogP contribution in [0.25, 0.3) is 43.3 Å². The van der Waals surface area contributed by atoms with Gasteiger partial charge < -0.3 is 9.15 Å². The van der Waals surface area contributed by atoms with Gasteiger partial charge in [-0.3, -0.25) is 0 Å². The van der Waals surface area contributed by atoms with E-state index in [1.807, 2.05) is 47.2 Å². The van der Waals surface area contributed by atoms with Crippen LogP contribution in [0.3, 0.4) is 0 Å². The predicted molar refractivity (Wildman–Crippen MR) is 102 cm³/mol. The zero-order valence-corrected chi connectivity index (χ0v) is 14.9. The van der Waals surface area contributed by atoms with E-state index in [2.05, 4.69) is 11.1 Å². The molecule has 0 amide bonds. The van der Waals surface area contributed by atoms with Crippen molar-refractivity contribution in [1.82, 2.24) is 9.97 Å². The Bertz CT molecular complexity index is 1160. The maximum Gasteiger partial charge on any atom is 0.228 e. The largest absolute Gasteiger partial charge is 0.493 e. The molecule has 25 heavy (non-hydrogen) atoms. The van der Waals surface area contributed by atoms with Crippen molar-refractivity contribution in [3.05, 3.63) is 53.2 Å². The number of thiazole rings is 1. The second-order valence-corrected chi connectivity index (χ2v) is 7.36. The van der Waals surface area contributed by atoms with Crippen LogP contribution < -0.4 is 4.74 Å². The van der Waals surface area contributed by atoms with Crippen molar-refractivity contribution in [1.29, 1.82) is 0 Å². The lowest BCUT2D eigenvalue weighted by Crippen LogP contribution is -1.85. The van der Waals surface area contributed by atoms with Gasteiger partial charge >= 0.3 is 0 Å². The van der Waals surface area contributed by atoms with E-state index in [0.29, 0.717) is 17.2 Å². The highest BCUT2D eigenvalue weighted by molar-refractivity contribution is 7.21. The highest BCUT2D eigenvalue weighted by atomic mass is 32.1. The SMILES string of the molecule is COc1cc(-c2nc3ccccc3s2)cc2nc(-c3ccsc3)oc12. The molecule has 0 saturated carbocycles. The van der Waals surface area contributed by atoms with Crippen molar-refractivity contribution in [2.75, 3.05) is 7.11 Å². The predicted octanol–water partition coefficient (Wildman–Crippen LogP) is 5.84. The third-order valence-electron chi connectivity index (χ3n) is 3.98. The van der Waals surface area contributed by atoms with Gasteiger partial charge in [0.1, 0.15) is 10.5 Å². The van der Waals surface area contributed by atoms with Crippen LogP contribution in [0, 0.1) is 0 Å². The molecular weight excluding hydrogens is 352 g/mol. The lowest BCUT2D eigenvalue weighted by Gasteiger charge is -2.02. The van der Waals surface area contributed by atoms with Crippen molar-refractivity contribution in [3.63, 3.8) is 0 Å². The molecule has 6 heteroatoms. The van der Waals surface area contributed by atoms with Gasteiger partial charge in [0.15, 0.2) is 11.3 Å². The van der Waals surface area contributed by atoms with Crippen LogP contribution in [0.5, 0.6) is 5.75 Å². The third-order valence-corrected chi connectivity index (χ3v) is 5.75. The number of thiophene rings is 1. The lowest BCUT2D eigenvalue weighted by molar-refractivity contribution is 0.411. The summed E-state index contributed by atoms with van der Waals surface area (Å²) in [7, 11) is 1.64. The molecule has 2 aromatic carbocycles. The number of benzene rings is 2. The lowest BCUT2D eigenvalue weighted by atomic mass is 10.2. The standard InChI is InChI=1S/C19H12N2O2S2/c1-22-15-9-12(19-21-13-4-2-3-5-16(13)25-19)8-14-17(15)23-18(20-14)11-6-7-24-10-11/h2-10H,1H3. The zero-order valence-electron chi connectivity index (χ0n) is 13.2. The Kier molecular flexibility index (Phi) is 3.33. The summed E-state index contributed by atoms with van der Waals surface area (Å²) in [6.45, 7) is 0. The monoisotopic (exact) mass is 364 g/mol. The molecule has 0 unspecified atom stereocenters. The first-order valence-corrected chi connectivity index (χ1v) is 9.45. The summed E-state index contributed by atoms with van der Waals surface area (Å²) in [6, 6.07) is 14.1. The summed E-state index contributed by atoms with van der Waals surface area (Å²) in [4.78, 5) is 9.37. The van der Waals surface area contributed by atoms with E-state index in [4.69, 9.17) is 14.1 Å². The van der Waals surface area contributed by atoms with Gasteiger partial charge in [0.25, 0.3) is 0 Å². The summed E-state index contributed by atoms with van der Waals surface area (Å²) in [5.74, 6) is 1.27. The molecule has 0 atom stereocenters. The number of methoxy groups -OCH3 is 1. The van der Waals surface area contributed by atoms with Crippen molar-refractivity contribution in [3.8, 4) is 27.8 Å². The summed E-state index contributed by atoms with van der Waals surface area (Å²) in [5.41, 5.74) is 4.39. The first kappa shape index (κ1) is 14.6. The molecule has 5 rings (SSSR count). The molecule has 122 valence electrons. The van der Waals surface area contributed by atoms with E-state index in [-0.39, 0.29) is 0 Å². The van der Waals surface area contributed by atoms with Gasteiger partial charge in [-0.25, -0.2) is 9.97 Å². The second kappa shape index (κ2) is 5.68. The van der Waals surface area contributed by atoms with E-state index in [0.717, 1.165) is 31.9 Å². The second-order valence-electron chi connectivity index (χ2n) is 5.54. The normalized spacial score (nSPS) is 11.4. The number of ether oxygens (including phenoxy) is 1. The maximum atomic E-state index is 5.94. The number of fused-ring (bicyclic) bond motifs is 2. The van der Waals surface area contributed by atoms with Crippen LogP contribution in [-0.4, -0.2) is 17.1 Å². The minimum atomic E-state index is 0.607. The molecule has 3 heterocycles. The Labute approximate surface area is 151 Å². The van der Waals surface area contributed by atoms with Gasteiger partial charge in [0.2, 0.25) is 5.89 Å². The molecule has 0 bridgehead atoms. The molecular formula is C19H12N2O2S2. The van der Waals surface area contributed by atoms with E-state index < -0.39 is 0 Å². The van der Waals surface area contributed by atoms with E-state index >= 15 is 0 Å². The van der Waals surface area contributed by atoms with Crippen LogP contribution in [0.1, 0.15) is 0 Å². The zero-order chi connectivity index (χ0) is 16.8. The molecule has 0 aliphatic carbocycles. The average molecular weight is 364 g/mol. The van der Waals surface area contributed by atoms with Crippen molar-refractivity contribution >= 4 is 44.0 Å². The highest BCUT2D eigenvalue weighted by Gasteiger charge is 2.16. The molecule has 4 nitrogen and oxygen atoms in total. The van der Waals surface area contributed by atoms with Gasteiger partial charge in [0, 0.05) is 16.5 Å². The topological polar surface area (TPSA) is 48.2 Å². The quantitative estimate of drug-likeness (QED) is 0.403. The van der Waals surface area contributed by atoms with Crippen LogP contribution >= 0.6 is 22.7 Å². The van der Waals surface area contributed by atoms with Gasteiger partial charge in [-0.05, 0) is 35.7 Å². The molecule has 0 radical (unpaired) electrons. The summed E-state index contributed by atoms with van der Waals surface area (Å²) in [5, 5.41) is 4.97. The van der Waals surface area contributed by atoms with E-state index in [1.54, 1.807) is 29.8 Å². The van der Waals surface area contributed by atoms with E-state index in [9.17, 15) is 0 Å². The van der Waals surface area contributed by atoms with Gasteiger partial charge in [-0.2, -0.15) is 11.3 Å². The minimum absolute atomic E-state index is 0.607. The van der Waals surface area contributed by atoms with Gasteiger partial charge in [-0.15, -0.1) is 11.3 Å². The first-order chi connectivity index (χ1) is 12.3. The molecule has 5 aromatic rings. The fourth-order valence-electron chi connectivity index (χ4n) is 2.78. The molecule has 0 N–H and O–H groups in total. The number of hydrogen-bond acceptors (Lipinski definition) is 6. The number of oxazole rings is 1. The summed E-state index contributed by atoms with van der Waals surface area (Å²) in [6.07, 6.45) is 0. The van der Waals surface area contributed by atoms with Crippen LogP contribution in [0.4, 0.5) is 0 Å². The fourth-order valence-corrected chi connectivity index (χ4v) is 4.37. The Morgan fingerprint density at radius 3 is 2.72 bits per heavy atom.